The average molecular weight is 256 g/mol. The van der Waals surface area contributed by atoms with Gasteiger partial charge in [-0.15, -0.1) is 0 Å². The predicted molar refractivity (Wildman–Crippen MR) is 78.0 cm³/mol. The van der Waals surface area contributed by atoms with Gasteiger partial charge < -0.3 is 15.0 Å². The molecule has 1 heterocycles. The third-order valence-corrected chi connectivity index (χ3v) is 4.26. The molecule has 1 saturated heterocycles. The molecule has 0 aliphatic carbocycles. The molecule has 0 radical (unpaired) electrons. The lowest BCUT2D eigenvalue weighted by Gasteiger charge is -2.36. The first-order valence-corrected chi connectivity index (χ1v) is 7.66. The van der Waals surface area contributed by atoms with Crippen molar-refractivity contribution in [3.63, 3.8) is 0 Å². The fraction of sp³-hybridized carbons (Fsp3) is 1.00. The zero-order valence-electron chi connectivity index (χ0n) is 12.8. The molecule has 1 N–H and O–H groups in total. The van der Waals surface area contributed by atoms with Crippen molar-refractivity contribution in [1.29, 1.82) is 0 Å². The molecule has 0 spiro atoms. The Morgan fingerprint density at radius 3 is 2.50 bits per heavy atom. The van der Waals surface area contributed by atoms with Crippen molar-refractivity contribution in [1.82, 2.24) is 10.2 Å². The largest absolute Gasteiger partial charge is 0.381 e. The highest BCUT2D eigenvalue weighted by atomic mass is 16.5. The summed E-state index contributed by atoms with van der Waals surface area (Å²) in [5.41, 5.74) is 0.340. The molecule has 0 bridgehead atoms. The molecule has 0 amide bonds. The van der Waals surface area contributed by atoms with E-state index in [4.69, 9.17) is 4.74 Å². The Morgan fingerprint density at radius 1 is 1.28 bits per heavy atom. The first-order chi connectivity index (χ1) is 8.67. The highest BCUT2D eigenvalue weighted by molar-refractivity contribution is 4.89. The standard InChI is InChI=1S/C15H32N2O/c1-5-9-16-11-15(8-10-18-13-15)12-17(4)14(6-2)7-3/h14,16H,5-13H2,1-4H3. The number of rotatable bonds is 9. The second kappa shape index (κ2) is 8.13. The molecule has 3 nitrogen and oxygen atoms in total. The van der Waals surface area contributed by atoms with Gasteiger partial charge in [-0.25, -0.2) is 0 Å². The Bertz CT molecular complexity index is 211. The van der Waals surface area contributed by atoms with Gasteiger partial charge in [-0.3, -0.25) is 0 Å². The maximum atomic E-state index is 5.67. The van der Waals surface area contributed by atoms with Crippen LogP contribution in [-0.4, -0.2) is 50.8 Å². The van der Waals surface area contributed by atoms with E-state index in [0.717, 1.165) is 32.8 Å². The summed E-state index contributed by atoms with van der Waals surface area (Å²) in [6.07, 6.45) is 4.90. The van der Waals surface area contributed by atoms with E-state index < -0.39 is 0 Å². The lowest BCUT2D eigenvalue weighted by molar-refractivity contribution is 0.0981. The molecule has 108 valence electrons. The number of nitrogens with zero attached hydrogens (tertiary/aromatic N) is 1. The van der Waals surface area contributed by atoms with Crippen LogP contribution in [0.4, 0.5) is 0 Å². The van der Waals surface area contributed by atoms with Gasteiger partial charge >= 0.3 is 0 Å². The van der Waals surface area contributed by atoms with E-state index in [1.807, 2.05) is 0 Å². The number of nitrogens with one attached hydrogen (secondary N) is 1. The zero-order valence-corrected chi connectivity index (χ0v) is 12.8. The van der Waals surface area contributed by atoms with Gasteiger partial charge in [0.05, 0.1) is 6.61 Å². The maximum Gasteiger partial charge on any atom is 0.0547 e. The van der Waals surface area contributed by atoms with Crippen LogP contribution in [0.3, 0.4) is 0 Å². The van der Waals surface area contributed by atoms with Crippen molar-refractivity contribution in [3.05, 3.63) is 0 Å². The summed E-state index contributed by atoms with van der Waals surface area (Å²) in [5.74, 6) is 0. The summed E-state index contributed by atoms with van der Waals surface area (Å²) in [7, 11) is 2.28. The summed E-state index contributed by atoms with van der Waals surface area (Å²) in [4.78, 5) is 2.54. The van der Waals surface area contributed by atoms with E-state index >= 15 is 0 Å². The Kier molecular flexibility index (Phi) is 7.20. The lowest BCUT2D eigenvalue weighted by Crippen LogP contribution is -2.46. The van der Waals surface area contributed by atoms with Crippen molar-refractivity contribution in [2.75, 3.05) is 39.9 Å². The first kappa shape index (κ1) is 15.9. The summed E-state index contributed by atoms with van der Waals surface area (Å²) in [5, 5.41) is 3.59. The minimum absolute atomic E-state index is 0.340. The van der Waals surface area contributed by atoms with E-state index in [1.165, 1.54) is 25.7 Å². The van der Waals surface area contributed by atoms with Gasteiger partial charge in [0.1, 0.15) is 0 Å². The van der Waals surface area contributed by atoms with Crippen LogP contribution in [0.1, 0.15) is 46.5 Å². The topological polar surface area (TPSA) is 24.5 Å². The Balaban J connectivity index is 2.50. The van der Waals surface area contributed by atoms with E-state index in [-0.39, 0.29) is 0 Å². The molecule has 1 unspecified atom stereocenters. The van der Waals surface area contributed by atoms with Crippen LogP contribution in [0.25, 0.3) is 0 Å². The zero-order chi connectivity index (χ0) is 13.4. The van der Waals surface area contributed by atoms with Crippen LogP contribution < -0.4 is 5.32 Å². The maximum absolute atomic E-state index is 5.67. The molecule has 1 fully saturated rings. The molecule has 0 aromatic carbocycles. The van der Waals surface area contributed by atoms with Crippen LogP contribution in [0, 0.1) is 5.41 Å². The molecule has 1 rings (SSSR count). The minimum atomic E-state index is 0.340. The SMILES string of the molecule is CCCNCC1(CN(C)C(CC)CC)CCOC1. The Morgan fingerprint density at radius 2 is 2.00 bits per heavy atom. The molecule has 1 aliphatic rings. The van der Waals surface area contributed by atoms with Crippen molar-refractivity contribution in [3.8, 4) is 0 Å². The van der Waals surface area contributed by atoms with Gasteiger partial charge in [-0.1, -0.05) is 20.8 Å². The second-order valence-corrected chi connectivity index (χ2v) is 5.86. The van der Waals surface area contributed by atoms with E-state index in [2.05, 4.69) is 38.0 Å². The van der Waals surface area contributed by atoms with Crippen molar-refractivity contribution < 1.29 is 4.74 Å². The molecular formula is C15H32N2O. The highest BCUT2D eigenvalue weighted by Gasteiger charge is 2.36. The Labute approximate surface area is 113 Å². The summed E-state index contributed by atoms with van der Waals surface area (Å²) < 4.78 is 5.67. The molecule has 0 saturated carbocycles. The van der Waals surface area contributed by atoms with Crippen LogP contribution in [0.15, 0.2) is 0 Å². The molecule has 18 heavy (non-hydrogen) atoms. The lowest BCUT2D eigenvalue weighted by atomic mass is 9.86. The summed E-state index contributed by atoms with van der Waals surface area (Å²) in [6, 6.07) is 0.716. The fourth-order valence-corrected chi connectivity index (χ4v) is 3.07. The second-order valence-electron chi connectivity index (χ2n) is 5.86. The van der Waals surface area contributed by atoms with Gasteiger partial charge in [-0.2, -0.15) is 0 Å². The third-order valence-electron chi connectivity index (χ3n) is 4.26. The summed E-state index contributed by atoms with van der Waals surface area (Å²) >= 11 is 0. The van der Waals surface area contributed by atoms with Gasteiger partial charge in [-0.05, 0) is 39.3 Å². The van der Waals surface area contributed by atoms with Crippen molar-refractivity contribution in [2.24, 2.45) is 5.41 Å². The minimum Gasteiger partial charge on any atom is -0.381 e. The molecule has 0 aromatic heterocycles. The van der Waals surface area contributed by atoms with Crippen LogP contribution >= 0.6 is 0 Å². The number of ether oxygens (including phenoxy) is 1. The van der Waals surface area contributed by atoms with E-state index in [9.17, 15) is 0 Å². The molecule has 0 aromatic rings. The van der Waals surface area contributed by atoms with E-state index in [1.54, 1.807) is 0 Å². The third kappa shape index (κ3) is 4.52. The quantitative estimate of drug-likeness (QED) is 0.642. The van der Waals surface area contributed by atoms with Crippen LogP contribution in [-0.2, 0) is 4.74 Å². The van der Waals surface area contributed by atoms with Gasteiger partial charge in [0, 0.05) is 31.2 Å². The molecule has 1 atom stereocenters. The molecular weight excluding hydrogens is 224 g/mol. The highest BCUT2D eigenvalue weighted by Crippen LogP contribution is 2.29. The average Bonchev–Trinajstić information content (AvgIpc) is 2.80. The van der Waals surface area contributed by atoms with Crippen LogP contribution in [0.5, 0.6) is 0 Å². The first-order valence-electron chi connectivity index (χ1n) is 7.66. The van der Waals surface area contributed by atoms with Gasteiger partial charge in [0.25, 0.3) is 0 Å². The molecule has 3 heteroatoms. The molecule has 1 aliphatic heterocycles. The normalized spacial score (nSPS) is 24.3. The van der Waals surface area contributed by atoms with E-state index in [0.29, 0.717) is 11.5 Å². The predicted octanol–water partition coefficient (Wildman–Crippen LogP) is 2.51. The van der Waals surface area contributed by atoms with Crippen molar-refractivity contribution in [2.45, 2.75) is 52.5 Å². The smallest absolute Gasteiger partial charge is 0.0547 e. The van der Waals surface area contributed by atoms with Crippen molar-refractivity contribution >= 4 is 0 Å². The van der Waals surface area contributed by atoms with Crippen LogP contribution in [0.2, 0.25) is 0 Å². The fourth-order valence-electron chi connectivity index (χ4n) is 3.07. The summed E-state index contributed by atoms with van der Waals surface area (Å²) in [6.45, 7) is 12.0. The number of hydrogen-bond donors (Lipinski definition) is 1. The van der Waals surface area contributed by atoms with Gasteiger partial charge in [0.15, 0.2) is 0 Å². The number of hydrogen-bond acceptors (Lipinski definition) is 3. The van der Waals surface area contributed by atoms with Gasteiger partial charge in [0.2, 0.25) is 0 Å². The monoisotopic (exact) mass is 256 g/mol. The Hall–Kier alpha value is -0.120.